The molecule has 2 aromatic heterocycles. The Labute approximate surface area is 180 Å². The first-order valence-corrected chi connectivity index (χ1v) is 9.92. The van der Waals surface area contributed by atoms with Crippen LogP contribution < -0.4 is 10.1 Å². The van der Waals surface area contributed by atoms with E-state index in [0.29, 0.717) is 17.3 Å². The van der Waals surface area contributed by atoms with Gasteiger partial charge in [-0.15, -0.1) is 0 Å². The summed E-state index contributed by atoms with van der Waals surface area (Å²) in [6, 6.07) is 15.3. The van der Waals surface area contributed by atoms with Crippen molar-refractivity contribution in [3.63, 3.8) is 0 Å². The highest BCUT2D eigenvalue weighted by atomic mass is 16.6. The normalized spacial score (nSPS) is 11.5. The molecule has 8 nitrogen and oxygen atoms in total. The minimum atomic E-state index is -0.568. The van der Waals surface area contributed by atoms with Gasteiger partial charge < -0.3 is 14.5 Å². The molecule has 0 fully saturated rings. The lowest BCUT2D eigenvalue weighted by molar-refractivity contribution is 0.0636. The van der Waals surface area contributed by atoms with E-state index in [1.54, 1.807) is 17.9 Å². The number of rotatable bonds is 4. The highest BCUT2D eigenvalue weighted by Crippen LogP contribution is 2.37. The number of nitrogens with one attached hydrogen (secondary N) is 2. The van der Waals surface area contributed by atoms with Gasteiger partial charge in [0.2, 0.25) is 0 Å². The summed E-state index contributed by atoms with van der Waals surface area (Å²) in [6.07, 6.45) is -0.507. The Balaban J connectivity index is 1.69. The molecule has 0 unspecified atom stereocenters. The van der Waals surface area contributed by atoms with Crippen molar-refractivity contribution in [1.29, 1.82) is 0 Å². The van der Waals surface area contributed by atoms with Gasteiger partial charge in [-0.2, -0.15) is 5.10 Å². The first-order chi connectivity index (χ1) is 14.7. The molecule has 1 amide bonds. The number of amides is 1. The molecule has 0 saturated carbocycles. The van der Waals surface area contributed by atoms with Crippen LogP contribution in [0.5, 0.6) is 5.75 Å². The second-order valence-corrected chi connectivity index (χ2v) is 8.16. The third-order valence-electron chi connectivity index (χ3n) is 4.61. The van der Waals surface area contributed by atoms with Crippen LogP contribution in [0.4, 0.5) is 10.5 Å². The van der Waals surface area contributed by atoms with Crippen molar-refractivity contribution in [2.24, 2.45) is 7.05 Å². The number of aryl methyl sites for hydroxylation is 1. The van der Waals surface area contributed by atoms with E-state index in [0.717, 1.165) is 28.0 Å². The van der Waals surface area contributed by atoms with Crippen LogP contribution in [0, 0.1) is 0 Å². The average Bonchev–Trinajstić information content (AvgIpc) is 3.26. The van der Waals surface area contributed by atoms with Crippen LogP contribution in [0.2, 0.25) is 0 Å². The maximum absolute atomic E-state index is 12.1. The van der Waals surface area contributed by atoms with Gasteiger partial charge >= 0.3 is 6.09 Å². The molecule has 4 aromatic rings. The number of anilines is 1. The molecule has 0 bridgehead atoms. The standard InChI is InChI=1S/C23H25N5O3/c1-23(2,3)31-22(29)24-15-11-12-16-17(13-15)26-21(25-16)19-20(30-5)18(27-28(19)4)14-9-7-6-8-10-14/h6-13H,1-5H3,(H,24,29)(H,25,26). The number of fused-ring (bicyclic) bond motifs is 1. The Morgan fingerprint density at radius 2 is 1.87 bits per heavy atom. The number of carbonyl (C=O) groups is 1. The summed E-state index contributed by atoms with van der Waals surface area (Å²) >= 11 is 0. The summed E-state index contributed by atoms with van der Waals surface area (Å²) in [5.41, 5.74) is 4.01. The van der Waals surface area contributed by atoms with Crippen LogP contribution >= 0.6 is 0 Å². The molecule has 2 N–H and O–H groups in total. The van der Waals surface area contributed by atoms with Gasteiger partial charge in [0.05, 0.1) is 18.1 Å². The molecule has 0 aliphatic carbocycles. The second kappa shape index (κ2) is 7.79. The number of hydrogen-bond acceptors (Lipinski definition) is 5. The van der Waals surface area contributed by atoms with Gasteiger partial charge in [-0.25, -0.2) is 9.78 Å². The van der Waals surface area contributed by atoms with Gasteiger partial charge in [0.15, 0.2) is 11.6 Å². The summed E-state index contributed by atoms with van der Waals surface area (Å²) in [5, 5.41) is 7.40. The Morgan fingerprint density at radius 1 is 1.13 bits per heavy atom. The first-order valence-electron chi connectivity index (χ1n) is 9.92. The lowest BCUT2D eigenvalue weighted by Gasteiger charge is -2.19. The number of aromatic amines is 1. The second-order valence-electron chi connectivity index (χ2n) is 8.16. The van der Waals surface area contributed by atoms with E-state index < -0.39 is 11.7 Å². The predicted octanol–water partition coefficient (Wildman–Crippen LogP) is 4.99. The number of carbonyl (C=O) groups excluding carboxylic acids is 1. The molecule has 0 aliphatic heterocycles. The van der Waals surface area contributed by atoms with E-state index >= 15 is 0 Å². The summed E-state index contributed by atoms with van der Waals surface area (Å²) in [6.45, 7) is 5.46. The van der Waals surface area contributed by atoms with Gasteiger partial charge in [-0.3, -0.25) is 10.00 Å². The van der Waals surface area contributed by atoms with E-state index in [1.807, 2.05) is 70.3 Å². The quantitative estimate of drug-likeness (QED) is 0.486. The highest BCUT2D eigenvalue weighted by molar-refractivity contribution is 5.90. The van der Waals surface area contributed by atoms with Crippen molar-refractivity contribution in [1.82, 2.24) is 19.7 Å². The fourth-order valence-electron chi connectivity index (χ4n) is 3.36. The minimum absolute atomic E-state index is 0.507. The number of aromatic nitrogens is 4. The van der Waals surface area contributed by atoms with Gasteiger partial charge in [0.25, 0.3) is 0 Å². The molecule has 160 valence electrons. The van der Waals surface area contributed by atoms with Gasteiger partial charge in [-0.05, 0) is 39.0 Å². The highest BCUT2D eigenvalue weighted by Gasteiger charge is 2.22. The van der Waals surface area contributed by atoms with Crippen molar-refractivity contribution in [3.05, 3.63) is 48.5 Å². The molecule has 2 heterocycles. The Morgan fingerprint density at radius 3 is 2.55 bits per heavy atom. The lowest BCUT2D eigenvalue weighted by Crippen LogP contribution is -2.27. The van der Waals surface area contributed by atoms with Crippen molar-refractivity contribution in [2.45, 2.75) is 26.4 Å². The van der Waals surface area contributed by atoms with Crippen molar-refractivity contribution in [2.75, 3.05) is 12.4 Å². The Hall–Kier alpha value is -3.81. The van der Waals surface area contributed by atoms with Crippen molar-refractivity contribution >= 4 is 22.8 Å². The molecule has 31 heavy (non-hydrogen) atoms. The lowest BCUT2D eigenvalue weighted by atomic mass is 10.1. The van der Waals surface area contributed by atoms with Crippen LogP contribution in [-0.4, -0.2) is 38.6 Å². The Kier molecular flexibility index (Phi) is 5.14. The van der Waals surface area contributed by atoms with E-state index in [9.17, 15) is 4.79 Å². The van der Waals surface area contributed by atoms with E-state index in [4.69, 9.17) is 14.5 Å². The number of methoxy groups -OCH3 is 1. The molecule has 0 saturated heterocycles. The van der Waals surface area contributed by atoms with E-state index in [1.165, 1.54) is 0 Å². The molecule has 0 spiro atoms. The number of hydrogen-bond donors (Lipinski definition) is 2. The number of ether oxygens (including phenoxy) is 2. The van der Waals surface area contributed by atoms with E-state index in [-0.39, 0.29) is 0 Å². The minimum Gasteiger partial charge on any atom is -0.492 e. The van der Waals surface area contributed by atoms with E-state index in [2.05, 4.69) is 15.4 Å². The smallest absolute Gasteiger partial charge is 0.412 e. The molecule has 4 rings (SSSR count). The first kappa shape index (κ1) is 20.5. The Bertz CT molecular complexity index is 1240. The van der Waals surface area contributed by atoms with Crippen molar-refractivity contribution < 1.29 is 14.3 Å². The van der Waals surface area contributed by atoms with Crippen LogP contribution in [-0.2, 0) is 11.8 Å². The summed E-state index contributed by atoms with van der Waals surface area (Å²) in [7, 11) is 3.48. The molecule has 2 aromatic carbocycles. The molecular weight excluding hydrogens is 394 g/mol. The number of imidazole rings is 1. The van der Waals surface area contributed by atoms with Crippen molar-refractivity contribution in [3.8, 4) is 28.5 Å². The average molecular weight is 419 g/mol. The zero-order chi connectivity index (χ0) is 22.2. The SMILES string of the molecule is COc1c(-c2ccccc2)nn(C)c1-c1nc2ccc(NC(=O)OC(C)(C)C)cc2[nH]1. The van der Waals surface area contributed by atoms with Gasteiger partial charge in [0.1, 0.15) is 17.0 Å². The number of nitrogens with zero attached hydrogens (tertiary/aromatic N) is 3. The zero-order valence-corrected chi connectivity index (χ0v) is 18.2. The zero-order valence-electron chi connectivity index (χ0n) is 18.2. The summed E-state index contributed by atoms with van der Waals surface area (Å²) < 4.78 is 12.8. The summed E-state index contributed by atoms with van der Waals surface area (Å²) in [4.78, 5) is 20.1. The maximum Gasteiger partial charge on any atom is 0.412 e. The number of benzene rings is 2. The monoisotopic (exact) mass is 419 g/mol. The van der Waals surface area contributed by atoms with Crippen LogP contribution in [0.3, 0.4) is 0 Å². The topological polar surface area (TPSA) is 94.1 Å². The number of H-pyrrole nitrogens is 1. The molecule has 8 heteroatoms. The summed E-state index contributed by atoms with van der Waals surface area (Å²) in [5.74, 6) is 1.26. The van der Waals surface area contributed by atoms with Crippen LogP contribution in [0.1, 0.15) is 20.8 Å². The molecule has 0 atom stereocenters. The van der Waals surface area contributed by atoms with Crippen LogP contribution in [0.15, 0.2) is 48.5 Å². The third kappa shape index (κ3) is 4.23. The van der Waals surface area contributed by atoms with Gasteiger partial charge in [0, 0.05) is 18.3 Å². The maximum atomic E-state index is 12.1. The largest absolute Gasteiger partial charge is 0.492 e. The van der Waals surface area contributed by atoms with Crippen LogP contribution in [0.25, 0.3) is 33.8 Å². The molecule has 0 aliphatic rings. The fourth-order valence-corrected chi connectivity index (χ4v) is 3.36. The molecule has 0 radical (unpaired) electrons. The van der Waals surface area contributed by atoms with Gasteiger partial charge in [-0.1, -0.05) is 30.3 Å². The third-order valence-corrected chi connectivity index (χ3v) is 4.61. The molecular formula is C23H25N5O3. The fraction of sp³-hybridized carbons (Fsp3) is 0.261. The predicted molar refractivity (Wildman–Crippen MR) is 120 cm³/mol.